The molecule has 0 bridgehead atoms. The van der Waals surface area contributed by atoms with E-state index in [9.17, 15) is 9.59 Å². The van der Waals surface area contributed by atoms with E-state index in [-0.39, 0.29) is 17.6 Å². The molecule has 0 aliphatic heterocycles. The molecule has 0 aliphatic rings. The number of carbonyl (C=O) groups is 2. The molecule has 2 amide bonds. The molecule has 0 heterocycles. The molecule has 0 aliphatic carbocycles. The van der Waals surface area contributed by atoms with Gasteiger partial charge in [0.2, 0.25) is 5.91 Å². The Labute approximate surface area is 154 Å². The highest BCUT2D eigenvalue weighted by Gasteiger charge is 2.10. The van der Waals surface area contributed by atoms with Crippen LogP contribution in [-0.4, -0.2) is 17.6 Å². The summed E-state index contributed by atoms with van der Waals surface area (Å²) in [6.45, 7) is 5.87. The molecule has 2 N–H and O–H groups in total. The lowest BCUT2D eigenvalue weighted by Crippen LogP contribution is -2.42. The number of hydrogen-bond donors (Lipinski definition) is 2. The minimum atomic E-state index is -0.317. The SMILES string of the molecule is Cc1cc(SCC(=O)NNC(=O)c2ccccc2C)c(C)cc1Br. The summed E-state index contributed by atoms with van der Waals surface area (Å²) in [5.41, 5.74) is 8.54. The van der Waals surface area contributed by atoms with Crippen molar-refractivity contribution in [2.45, 2.75) is 25.7 Å². The number of rotatable bonds is 4. The summed E-state index contributed by atoms with van der Waals surface area (Å²) in [5, 5.41) is 0. The molecule has 0 fully saturated rings. The van der Waals surface area contributed by atoms with E-state index in [4.69, 9.17) is 0 Å². The maximum absolute atomic E-state index is 12.0. The fraction of sp³-hybridized carbons (Fsp3) is 0.222. The van der Waals surface area contributed by atoms with Gasteiger partial charge in [-0.15, -0.1) is 11.8 Å². The normalized spacial score (nSPS) is 10.3. The second-order valence-corrected chi connectivity index (χ2v) is 7.34. The van der Waals surface area contributed by atoms with E-state index in [1.165, 1.54) is 11.8 Å². The molecule has 0 saturated carbocycles. The number of hydrogen-bond acceptors (Lipinski definition) is 3. The molecule has 0 spiro atoms. The standard InChI is InChI=1S/C18H19BrN2O2S/c1-11-6-4-5-7-14(11)18(23)21-20-17(22)10-24-16-9-12(2)15(19)8-13(16)3/h4-9H,10H2,1-3H3,(H,20,22)(H,21,23). The molecule has 0 saturated heterocycles. The van der Waals surface area contributed by atoms with Crippen LogP contribution in [0, 0.1) is 20.8 Å². The molecule has 4 nitrogen and oxygen atoms in total. The van der Waals surface area contributed by atoms with Crippen molar-refractivity contribution in [1.29, 1.82) is 0 Å². The number of benzene rings is 2. The van der Waals surface area contributed by atoms with Crippen molar-refractivity contribution in [3.05, 3.63) is 63.1 Å². The maximum atomic E-state index is 12.0. The minimum Gasteiger partial charge on any atom is -0.272 e. The van der Waals surface area contributed by atoms with Crippen molar-refractivity contribution < 1.29 is 9.59 Å². The van der Waals surface area contributed by atoms with Crippen LogP contribution in [-0.2, 0) is 4.79 Å². The van der Waals surface area contributed by atoms with E-state index in [0.717, 1.165) is 26.1 Å². The highest BCUT2D eigenvalue weighted by molar-refractivity contribution is 9.10. The molecule has 6 heteroatoms. The molecular formula is C18H19BrN2O2S. The number of halogens is 1. The molecule has 126 valence electrons. The van der Waals surface area contributed by atoms with Crippen LogP contribution in [0.4, 0.5) is 0 Å². The van der Waals surface area contributed by atoms with Gasteiger partial charge >= 0.3 is 0 Å². The summed E-state index contributed by atoms with van der Waals surface area (Å²) in [4.78, 5) is 25.0. The van der Waals surface area contributed by atoms with Gasteiger partial charge in [0.1, 0.15) is 0 Å². The molecule has 0 atom stereocenters. The Hall–Kier alpha value is -1.79. The first-order chi connectivity index (χ1) is 11.4. The van der Waals surface area contributed by atoms with Crippen LogP contribution in [0.3, 0.4) is 0 Å². The van der Waals surface area contributed by atoms with Gasteiger partial charge in [0.05, 0.1) is 5.75 Å². The Morgan fingerprint density at radius 1 is 1.00 bits per heavy atom. The molecule has 24 heavy (non-hydrogen) atoms. The highest BCUT2D eigenvalue weighted by atomic mass is 79.9. The number of aryl methyl sites for hydroxylation is 3. The second-order valence-electron chi connectivity index (χ2n) is 5.47. The third-order valence-electron chi connectivity index (χ3n) is 3.52. The number of nitrogens with one attached hydrogen (secondary N) is 2. The Morgan fingerprint density at radius 2 is 1.71 bits per heavy atom. The Kier molecular flexibility index (Phi) is 6.45. The van der Waals surface area contributed by atoms with E-state index >= 15 is 0 Å². The first kappa shape index (κ1) is 18.5. The van der Waals surface area contributed by atoms with Crippen molar-refractivity contribution in [1.82, 2.24) is 10.9 Å². The third-order valence-corrected chi connectivity index (χ3v) is 5.53. The van der Waals surface area contributed by atoms with E-state index < -0.39 is 0 Å². The molecule has 2 rings (SSSR count). The summed E-state index contributed by atoms with van der Waals surface area (Å²) in [7, 11) is 0. The topological polar surface area (TPSA) is 58.2 Å². The monoisotopic (exact) mass is 406 g/mol. The molecule has 2 aromatic carbocycles. The van der Waals surface area contributed by atoms with E-state index in [1.807, 2.05) is 45.0 Å². The van der Waals surface area contributed by atoms with Crippen LogP contribution in [0.1, 0.15) is 27.0 Å². The smallest absolute Gasteiger partial charge is 0.269 e. The zero-order chi connectivity index (χ0) is 17.7. The first-order valence-corrected chi connectivity index (χ1v) is 9.20. The van der Waals surface area contributed by atoms with Gasteiger partial charge in [0.15, 0.2) is 0 Å². The third kappa shape index (κ3) is 4.85. The molecule has 0 radical (unpaired) electrons. The van der Waals surface area contributed by atoms with Crippen LogP contribution in [0.15, 0.2) is 45.8 Å². The van der Waals surface area contributed by atoms with Crippen LogP contribution < -0.4 is 10.9 Å². The van der Waals surface area contributed by atoms with Crippen molar-refractivity contribution in [3.8, 4) is 0 Å². The quantitative estimate of drug-likeness (QED) is 0.597. The second kappa shape index (κ2) is 8.35. The number of carbonyl (C=O) groups excluding carboxylic acids is 2. The molecule has 0 unspecified atom stereocenters. The van der Waals surface area contributed by atoms with Gasteiger partial charge in [0, 0.05) is 14.9 Å². The van der Waals surface area contributed by atoms with Gasteiger partial charge in [-0.3, -0.25) is 20.4 Å². The molecular weight excluding hydrogens is 388 g/mol. The van der Waals surface area contributed by atoms with Crippen LogP contribution in [0.25, 0.3) is 0 Å². The summed E-state index contributed by atoms with van der Waals surface area (Å²) >= 11 is 4.94. The summed E-state index contributed by atoms with van der Waals surface area (Å²) in [5.74, 6) is -0.334. The number of amides is 2. The summed E-state index contributed by atoms with van der Waals surface area (Å²) in [6, 6.07) is 11.3. The van der Waals surface area contributed by atoms with Gasteiger partial charge < -0.3 is 0 Å². The van der Waals surface area contributed by atoms with E-state index in [1.54, 1.807) is 12.1 Å². The average Bonchev–Trinajstić information content (AvgIpc) is 2.55. The van der Waals surface area contributed by atoms with Crippen molar-refractivity contribution in [3.63, 3.8) is 0 Å². The predicted octanol–water partition coefficient (Wildman–Crippen LogP) is 3.93. The van der Waals surface area contributed by atoms with Crippen LogP contribution in [0.5, 0.6) is 0 Å². The lowest BCUT2D eigenvalue weighted by atomic mass is 10.1. The highest BCUT2D eigenvalue weighted by Crippen LogP contribution is 2.28. The zero-order valence-electron chi connectivity index (χ0n) is 13.8. The van der Waals surface area contributed by atoms with E-state index in [0.29, 0.717) is 5.56 Å². The van der Waals surface area contributed by atoms with Crippen molar-refractivity contribution in [2.24, 2.45) is 0 Å². The maximum Gasteiger partial charge on any atom is 0.269 e. The number of thioether (sulfide) groups is 1. The van der Waals surface area contributed by atoms with Crippen molar-refractivity contribution >= 4 is 39.5 Å². The van der Waals surface area contributed by atoms with Crippen LogP contribution in [0.2, 0.25) is 0 Å². The summed E-state index contributed by atoms with van der Waals surface area (Å²) in [6.07, 6.45) is 0. The fourth-order valence-electron chi connectivity index (χ4n) is 2.11. The van der Waals surface area contributed by atoms with E-state index in [2.05, 4.69) is 26.8 Å². The Bertz CT molecular complexity index is 778. The lowest BCUT2D eigenvalue weighted by Gasteiger charge is -2.10. The van der Waals surface area contributed by atoms with Crippen molar-refractivity contribution in [2.75, 3.05) is 5.75 Å². The van der Waals surface area contributed by atoms with Gasteiger partial charge in [-0.1, -0.05) is 34.1 Å². The van der Waals surface area contributed by atoms with Gasteiger partial charge in [0.25, 0.3) is 5.91 Å². The average molecular weight is 407 g/mol. The Balaban J connectivity index is 1.87. The van der Waals surface area contributed by atoms with Gasteiger partial charge in [-0.2, -0.15) is 0 Å². The van der Waals surface area contributed by atoms with Gasteiger partial charge in [-0.05, 0) is 55.7 Å². The summed E-state index contributed by atoms with van der Waals surface area (Å²) < 4.78 is 1.05. The minimum absolute atomic E-state index is 0.232. The fourth-order valence-corrected chi connectivity index (χ4v) is 3.47. The lowest BCUT2D eigenvalue weighted by molar-refractivity contribution is -0.119. The Morgan fingerprint density at radius 3 is 2.42 bits per heavy atom. The molecule has 2 aromatic rings. The first-order valence-electron chi connectivity index (χ1n) is 7.43. The largest absolute Gasteiger partial charge is 0.272 e. The number of hydrazine groups is 1. The van der Waals surface area contributed by atoms with Gasteiger partial charge in [-0.25, -0.2) is 0 Å². The predicted molar refractivity (Wildman–Crippen MR) is 101 cm³/mol. The molecule has 0 aromatic heterocycles. The zero-order valence-corrected chi connectivity index (χ0v) is 16.2. The van der Waals surface area contributed by atoms with Crippen LogP contribution >= 0.6 is 27.7 Å².